The molecule has 4 aromatic rings. The molecule has 0 unspecified atom stereocenters. The molecule has 1 amide bonds. The van der Waals surface area contributed by atoms with Crippen LogP contribution in [0, 0.1) is 0 Å². The lowest BCUT2D eigenvalue weighted by atomic mass is 10.1. The fourth-order valence-electron chi connectivity index (χ4n) is 3.52. The van der Waals surface area contributed by atoms with Crippen LogP contribution in [0.5, 0.6) is 5.75 Å². The zero-order valence-electron chi connectivity index (χ0n) is 15.8. The van der Waals surface area contributed by atoms with Gasteiger partial charge in [0.1, 0.15) is 16.3 Å². The van der Waals surface area contributed by atoms with Gasteiger partial charge >= 0.3 is 0 Å². The van der Waals surface area contributed by atoms with E-state index >= 15 is 0 Å². The van der Waals surface area contributed by atoms with Gasteiger partial charge in [-0.1, -0.05) is 18.2 Å². The minimum Gasteiger partial charge on any atom is -0.493 e. The number of hydrogen-bond acceptors (Lipinski definition) is 7. The molecule has 29 heavy (non-hydrogen) atoms. The van der Waals surface area contributed by atoms with Crippen molar-refractivity contribution in [2.24, 2.45) is 0 Å². The smallest absolute Gasteiger partial charge is 0.285 e. The van der Waals surface area contributed by atoms with Gasteiger partial charge in [0.15, 0.2) is 11.3 Å². The molecule has 0 radical (unpaired) electrons. The average Bonchev–Trinajstić information content (AvgIpc) is 3.39. The number of amides is 1. The number of thiazole rings is 1. The Labute approximate surface area is 170 Å². The van der Waals surface area contributed by atoms with Crippen molar-refractivity contribution in [3.63, 3.8) is 0 Å². The number of benzene rings is 2. The Bertz CT molecular complexity index is 1190. The summed E-state index contributed by atoms with van der Waals surface area (Å²) in [7, 11) is 1.62. The van der Waals surface area contributed by atoms with Crippen molar-refractivity contribution in [3.8, 4) is 16.3 Å². The zero-order valence-corrected chi connectivity index (χ0v) is 16.6. The van der Waals surface area contributed by atoms with E-state index in [2.05, 4.69) is 10.4 Å². The normalized spacial score (nSPS) is 15.1. The summed E-state index contributed by atoms with van der Waals surface area (Å²) in [5, 5.41) is 6.33. The second-order valence-corrected chi connectivity index (χ2v) is 7.55. The van der Waals surface area contributed by atoms with Crippen LogP contribution < -0.4 is 10.2 Å². The van der Waals surface area contributed by atoms with Gasteiger partial charge in [-0.15, -0.1) is 11.3 Å². The standard InChI is InChI=1S/C21H19N3O4S/c1-26-17-7-6-14(18-13-4-2-3-5-16(13)28-19(17)18)21-22-15(12-29-21)20(25)23-24-8-10-27-11-9-24/h2-7,12H,8-11H2,1H3,(H,23,25). The summed E-state index contributed by atoms with van der Waals surface area (Å²) in [6.07, 6.45) is 0. The third-order valence-corrected chi connectivity index (χ3v) is 5.82. The van der Waals surface area contributed by atoms with Crippen molar-refractivity contribution in [1.29, 1.82) is 0 Å². The molecule has 1 saturated heterocycles. The minimum atomic E-state index is -0.212. The van der Waals surface area contributed by atoms with Gasteiger partial charge in [0.05, 0.1) is 20.3 Å². The molecule has 0 bridgehead atoms. The molecule has 8 heteroatoms. The molecule has 2 aromatic carbocycles. The topological polar surface area (TPSA) is 76.8 Å². The van der Waals surface area contributed by atoms with Gasteiger partial charge in [0, 0.05) is 34.8 Å². The number of aromatic nitrogens is 1. The Hall–Kier alpha value is -2.94. The number of carbonyl (C=O) groups is 1. The van der Waals surface area contributed by atoms with Crippen LogP contribution in [0.1, 0.15) is 10.5 Å². The van der Waals surface area contributed by atoms with Crippen molar-refractivity contribution >= 4 is 39.2 Å². The summed E-state index contributed by atoms with van der Waals surface area (Å²) in [5.41, 5.74) is 5.68. The van der Waals surface area contributed by atoms with Gasteiger partial charge in [0.25, 0.3) is 5.91 Å². The third kappa shape index (κ3) is 3.25. The van der Waals surface area contributed by atoms with E-state index in [1.807, 2.05) is 41.4 Å². The van der Waals surface area contributed by atoms with E-state index in [0.29, 0.717) is 43.3 Å². The lowest BCUT2D eigenvalue weighted by Gasteiger charge is -2.26. The number of furan rings is 1. The Morgan fingerprint density at radius 2 is 2.03 bits per heavy atom. The zero-order chi connectivity index (χ0) is 19.8. The molecule has 0 aliphatic carbocycles. The fourth-order valence-corrected chi connectivity index (χ4v) is 4.35. The number of methoxy groups -OCH3 is 1. The number of fused-ring (bicyclic) bond motifs is 3. The molecular weight excluding hydrogens is 390 g/mol. The van der Waals surface area contributed by atoms with Crippen molar-refractivity contribution in [1.82, 2.24) is 15.4 Å². The number of rotatable bonds is 4. The Morgan fingerprint density at radius 1 is 1.21 bits per heavy atom. The summed E-state index contributed by atoms with van der Waals surface area (Å²) in [5.74, 6) is 0.456. The first-order valence-electron chi connectivity index (χ1n) is 9.32. The first-order chi connectivity index (χ1) is 14.2. The van der Waals surface area contributed by atoms with Gasteiger partial charge in [0.2, 0.25) is 0 Å². The first kappa shape index (κ1) is 18.1. The molecule has 1 N–H and O–H groups in total. The quantitative estimate of drug-likeness (QED) is 0.554. The molecule has 1 aliphatic heterocycles. The largest absolute Gasteiger partial charge is 0.493 e. The maximum atomic E-state index is 12.6. The Morgan fingerprint density at radius 3 is 2.86 bits per heavy atom. The number of hydrogen-bond donors (Lipinski definition) is 1. The Kier molecular flexibility index (Phi) is 4.67. The monoisotopic (exact) mass is 409 g/mol. The molecule has 0 saturated carbocycles. The molecule has 2 aromatic heterocycles. The van der Waals surface area contributed by atoms with Gasteiger partial charge in [-0.25, -0.2) is 9.99 Å². The van der Waals surface area contributed by atoms with E-state index in [4.69, 9.17) is 13.9 Å². The molecule has 3 heterocycles. The number of nitrogens with zero attached hydrogens (tertiary/aromatic N) is 2. The number of ether oxygens (including phenoxy) is 2. The highest BCUT2D eigenvalue weighted by molar-refractivity contribution is 7.13. The number of nitrogens with one attached hydrogen (secondary N) is 1. The number of morpholine rings is 1. The molecule has 1 aliphatic rings. The molecule has 5 rings (SSSR count). The van der Waals surface area contributed by atoms with Crippen LogP contribution in [0.25, 0.3) is 32.5 Å². The van der Waals surface area contributed by atoms with Crippen LogP contribution >= 0.6 is 11.3 Å². The van der Waals surface area contributed by atoms with Crippen molar-refractivity contribution in [2.45, 2.75) is 0 Å². The lowest BCUT2D eigenvalue weighted by Crippen LogP contribution is -2.48. The van der Waals surface area contributed by atoms with E-state index in [9.17, 15) is 4.79 Å². The predicted octanol–water partition coefficient (Wildman–Crippen LogP) is 3.70. The van der Waals surface area contributed by atoms with Gasteiger partial charge < -0.3 is 13.9 Å². The van der Waals surface area contributed by atoms with E-state index in [0.717, 1.165) is 26.9 Å². The number of hydrazine groups is 1. The second-order valence-electron chi connectivity index (χ2n) is 6.70. The highest BCUT2D eigenvalue weighted by Gasteiger charge is 2.21. The summed E-state index contributed by atoms with van der Waals surface area (Å²) in [6, 6.07) is 11.7. The highest BCUT2D eigenvalue weighted by atomic mass is 32.1. The van der Waals surface area contributed by atoms with Crippen LogP contribution in [0.15, 0.2) is 46.2 Å². The van der Waals surface area contributed by atoms with Crippen LogP contribution in [0.3, 0.4) is 0 Å². The maximum absolute atomic E-state index is 12.6. The Balaban J connectivity index is 1.54. The van der Waals surface area contributed by atoms with Gasteiger partial charge in [-0.05, 0) is 18.2 Å². The van der Waals surface area contributed by atoms with Crippen LogP contribution in [-0.4, -0.2) is 49.3 Å². The summed E-state index contributed by atoms with van der Waals surface area (Å²) in [6.45, 7) is 2.56. The summed E-state index contributed by atoms with van der Waals surface area (Å²) < 4.78 is 16.8. The second kappa shape index (κ2) is 7.47. The molecule has 7 nitrogen and oxygen atoms in total. The van der Waals surface area contributed by atoms with Gasteiger partial charge in [-0.3, -0.25) is 10.2 Å². The highest BCUT2D eigenvalue weighted by Crippen LogP contribution is 2.41. The molecular formula is C21H19N3O4S. The minimum absolute atomic E-state index is 0.212. The SMILES string of the molecule is COc1ccc(-c2nc(C(=O)NN3CCOCC3)cs2)c2c1oc1ccccc12. The van der Waals surface area contributed by atoms with Crippen molar-refractivity contribution in [2.75, 3.05) is 33.4 Å². The molecule has 0 spiro atoms. The maximum Gasteiger partial charge on any atom is 0.285 e. The fraction of sp³-hybridized carbons (Fsp3) is 0.238. The molecule has 0 atom stereocenters. The lowest BCUT2D eigenvalue weighted by molar-refractivity contribution is 0.0125. The number of carbonyl (C=O) groups excluding carboxylic acids is 1. The van der Waals surface area contributed by atoms with E-state index in [1.54, 1.807) is 12.5 Å². The van der Waals surface area contributed by atoms with Crippen molar-refractivity contribution in [3.05, 3.63) is 47.5 Å². The van der Waals surface area contributed by atoms with E-state index < -0.39 is 0 Å². The molecule has 148 valence electrons. The van der Waals surface area contributed by atoms with Crippen molar-refractivity contribution < 1.29 is 18.7 Å². The third-order valence-electron chi connectivity index (χ3n) is 4.95. The predicted molar refractivity (Wildman–Crippen MR) is 111 cm³/mol. The van der Waals surface area contributed by atoms with E-state index in [-0.39, 0.29) is 5.91 Å². The van der Waals surface area contributed by atoms with E-state index in [1.165, 1.54) is 11.3 Å². The summed E-state index contributed by atoms with van der Waals surface area (Å²) in [4.78, 5) is 17.2. The van der Waals surface area contributed by atoms with Crippen LogP contribution in [-0.2, 0) is 4.74 Å². The number of para-hydroxylation sites is 1. The molecule has 1 fully saturated rings. The first-order valence-corrected chi connectivity index (χ1v) is 10.2. The van der Waals surface area contributed by atoms with Gasteiger partial charge in [-0.2, -0.15) is 0 Å². The average molecular weight is 409 g/mol. The summed E-state index contributed by atoms with van der Waals surface area (Å²) >= 11 is 1.44. The van der Waals surface area contributed by atoms with Crippen LogP contribution in [0.2, 0.25) is 0 Å². The van der Waals surface area contributed by atoms with Crippen LogP contribution in [0.4, 0.5) is 0 Å².